The molecule has 2 aromatic rings. The summed E-state index contributed by atoms with van der Waals surface area (Å²) in [6, 6.07) is 10.5. The minimum atomic E-state index is -0.0923. The molecule has 3 nitrogen and oxygen atoms in total. The molecule has 0 heterocycles. The minimum absolute atomic E-state index is 0.0923. The van der Waals surface area contributed by atoms with Crippen molar-refractivity contribution in [2.24, 2.45) is 0 Å². The summed E-state index contributed by atoms with van der Waals surface area (Å²) in [5.41, 5.74) is 1.51. The average molecular weight is 405 g/mol. The Morgan fingerprint density at radius 1 is 1.12 bits per heavy atom. The van der Waals surface area contributed by atoms with Crippen molar-refractivity contribution in [3.8, 4) is 5.75 Å². The number of rotatable bonds is 7. The number of hydrogen-bond donors (Lipinski definition) is 1. The van der Waals surface area contributed by atoms with Gasteiger partial charge in [-0.1, -0.05) is 34.8 Å². The van der Waals surface area contributed by atoms with E-state index < -0.39 is 0 Å². The zero-order valence-corrected chi connectivity index (χ0v) is 16.0. The second-order valence-corrected chi connectivity index (χ2v) is 7.08. The highest BCUT2D eigenvalue weighted by Crippen LogP contribution is 2.31. The zero-order valence-electron chi connectivity index (χ0n) is 12.9. The van der Waals surface area contributed by atoms with Crippen LogP contribution in [0.25, 0.3) is 0 Å². The number of halogens is 3. The minimum Gasteiger partial charge on any atom is -0.494 e. The van der Waals surface area contributed by atoms with Crippen molar-refractivity contribution in [3.63, 3.8) is 0 Å². The lowest BCUT2D eigenvalue weighted by atomic mass is 10.2. The lowest BCUT2D eigenvalue weighted by molar-refractivity contribution is -0.113. The van der Waals surface area contributed by atoms with Crippen LogP contribution in [0.5, 0.6) is 5.75 Å². The maximum Gasteiger partial charge on any atom is 0.234 e. The molecule has 0 aromatic heterocycles. The van der Waals surface area contributed by atoms with Crippen molar-refractivity contribution in [1.82, 2.24) is 0 Å². The van der Waals surface area contributed by atoms with Crippen LogP contribution in [0.1, 0.15) is 12.5 Å². The van der Waals surface area contributed by atoms with Gasteiger partial charge in [0.15, 0.2) is 0 Å². The Morgan fingerprint density at radius 3 is 2.33 bits per heavy atom. The average Bonchev–Trinajstić information content (AvgIpc) is 2.52. The summed E-state index contributed by atoms with van der Waals surface area (Å²) in [6.07, 6.45) is 0. The van der Waals surface area contributed by atoms with Crippen LogP contribution in [0.4, 0.5) is 5.69 Å². The van der Waals surface area contributed by atoms with E-state index in [-0.39, 0.29) is 5.91 Å². The first-order valence-electron chi connectivity index (χ1n) is 7.23. The molecule has 0 atom stereocenters. The maximum atomic E-state index is 12.0. The van der Waals surface area contributed by atoms with Gasteiger partial charge in [-0.3, -0.25) is 4.79 Å². The van der Waals surface area contributed by atoms with Gasteiger partial charge in [-0.2, -0.15) is 0 Å². The van der Waals surface area contributed by atoms with E-state index in [1.54, 1.807) is 24.3 Å². The van der Waals surface area contributed by atoms with Gasteiger partial charge in [0.2, 0.25) is 5.91 Å². The van der Waals surface area contributed by atoms with Crippen molar-refractivity contribution >= 4 is 58.2 Å². The topological polar surface area (TPSA) is 38.3 Å². The number of carbonyl (C=O) groups is 1. The molecule has 0 spiro atoms. The van der Waals surface area contributed by atoms with Crippen LogP contribution in [0.2, 0.25) is 15.1 Å². The molecule has 1 N–H and O–H groups in total. The summed E-state index contributed by atoms with van der Waals surface area (Å²) in [5, 5.41) is 4.34. The molecular formula is C17H16Cl3NO2S. The molecule has 2 rings (SSSR count). The summed E-state index contributed by atoms with van der Waals surface area (Å²) < 4.78 is 5.36. The fourth-order valence-corrected chi connectivity index (χ4v) is 3.94. The third kappa shape index (κ3) is 5.78. The van der Waals surface area contributed by atoms with Gasteiger partial charge >= 0.3 is 0 Å². The van der Waals surface area contributed by atoms with E-state index in [1.807, 2.05) is 19.1 Å². The van der Waals surface area contributed by atoms with E-state index in [0.717, 1.165) is 17.0 Å². The summed E-state index contributed by atoms with van der Waals surface area (Å²) in [5.74, 6) is 1.51. The number of amides is 1. The third-order valence-corrected chi connectivity index (χ3v) is 4.89. The van der Waals surface area contributed by atoms with E-state index in [9.17, 15) is 4.79 Å². The molecule has 1 amide bonds. The van der Waals surface area contributed by atoms with Crippen molar-refractivity contribution in [1.29, 1.82) is 0 Å². The molecule has 0 aliphatic carbocycles. The van der Waals surface area contributed by atoms with Crippen LogP contribution in [0, 0.1) is 0 Å². The quantitative estimate of drug-likeness (QED) is 0.622. The first-order chi connectivity index (χ1) is 11.5. The van der Waals surface area contributed by atoms with Gasteiger partial charge in [-0.15, -0.1) is 11.8 Å². The van der Waals surface area contributed by atoms with Crippen molar-refractivity contribution in [2.75, 3.05) is 17.7 Å². The highest BCUT2D eigenvalue weighted by Gasteiger charge is 2.09. The number of benzene rings is 2. The fraction of sp³-hybridized carbons (Fsp3) is 0.235. The molecule has 24 heavy (non-hydrogen) atoms. The Bertz CT molecular complexity index is 684. The molecule has 0 saturated carbocycles. The first kappa shape index (κ1) is 19.3. The Hall–Kier alpha value is -1.07. The molecule has 128 valence electrons. The number of anilines is 1. The number of carbonyl (C=O) groups excluding carboxylic acids is 1. The van der Waals surface area contributed by atoms with Crippen molar-refractivity contribution in [3.05, 3.63) is 57.0 Å². The summed E-state index contributed by atoms with van der Waals surface area (Å²) >= 11 is 19.6. The molecular weight excluding hydrogens is 389 g/mol. The van der Waals surface area contributed by atoms with Crippen LogP contribution in [0.3, 0.4) is 0 Å². The van der Waals surface area contributed by atoms with E-state index in [2.05, 4.69) is 5.32 Å². The van der Waals surface area contributed by atoms with E-state index in [4.69, 9.17) is 39.5 Å². The fourth-order valence-electron chi connectivity index (χ4n) is 1.95. The van der Waals surface area contributed by atoms with Crippen LogP contribution in [-0.4, -0.2) is 18.3 Å². The highest BCUT2D eigenvalue weighted by molar-refractivity contribution is 7.99. The predicted molar refractivity (Wildman–Crippen MR) is 104 cm³/mol. The van der Waals surface area contributed by atoms with Gasteiger partial charge < -0.3 is 10.1 Å². The summed E-state index contributed by atoms with van der Waals surface area (Å²) in [6.45, 7) is 2.53. The molecule has 7 heteroatoms. The van der Waals surface area contributed by atoms with Crippen molar-refractivity contribution in [2.45, 2.75) is 12.7 Å². The number of ether oxygens (including phenoxy) is 1. The lowest BCUT2D eigenvalue weighted by Gasteiger charge is -2.09. The van der Waals surface area contributed by atoms with E-state index >= 15 is 0 Å². The van der Waals surface area contributed by atoms with Crippen LogP contribution < -0.4 is 10.1 Å². The first-order valence-corrected chi connectivity index (χ1v) is 9.52. The molecule has 0 radical (unpaired) electrons. The van der Waals surface area contributed by atoms with Crippen molar-refractivity contribution < 1.29 is 9.53 Å². The van der Waals surface area contributed by atoms with Gasteiger partial charge in [0.05, 0.1) is 12.4 Å². The summed E-state index contributed by atoms with van der Waals surface area (Å²) in [4.78, 5) is 12.0. The Morgan fingerprint density at radius 2 is 1.75 bits per heavy atom. The zero-order chi connectivity index (χ0) is 17.5. The maximum absolute atomic E-state index is 12.0. The number of nitrogens with one attached hydrogen (secondary N) is 1. The van der Waals surface area contributed by atoms with Gasteiger partial charge in [0.25, 0.3) is 0 Å². The molecule has 0 fully saturated rings. The number of hydrogen-bond acceptors (Lipinski definition) is 3. The standard InChI is InChI=1S/C17H16Cl3NO2S/c1-2-23-13-5-3-12(4-6-13)21-17(22)10-24-9-14-15(19)7-11(18)8-16(14)20/h3-8H,2,9-10H2,1H3,(H,21,22). The highest BCUT2D eigenvalue weighted by atomic mass is 35.5. The summed E-state index contributed by atoms with van der Waals surface area (Å²) in [7, 11) is 0. The monoisotopic (exact) mass is 403 g/mol. The van der Waals surface area contributed by atoms with E-state index in [0.29, 0.717) is 33.2 Å². The predicted octanol–water partition coefficient (Wildman–Crippen LogP) is 5.92. The molecule has 0 aliphatic heterocycles. The SMILES string of the molecule is CCOc1ccc(NC(=O)CSCc2c(Cl)cc(Cl)cc2Cl)cc1. The number of thioether (sulfide) groups is 1. The van der Waals surface area contributed by atoms with Gasteiger partial charge in [0, 0.05) is 26.5 Å². The largest absolute Gasteiger partial charge is 0.494 e. The van der Waals surface area contributed by atoms with E-state index in [1.165, 1.54) is 11.8 Å². The van der Waals surface area contributed by atoms with Crippen LogP contribution in [-0.2, 0) is 10.5 Å². The second-order valence-electron chi connectivity index (χ2n) is 4.85. The smallest absolute Gasteiger partial charge is 0.234 e. The van der Waals surface area contributed by atoms with Crippen LogP contribution in [0.15, 0.2) is 36.4 Å². The molecule has 0 bridgehead atoms. The molecule has 0 unspecified atom stereocenters. The Balaban J connectivity index is 1.83. The van der Waals surface area contributed by atoms with Gasteiger partial charge in [0.1, 0.15) is 5.75 Å². The third-order valence-electron chi connectivity index (χ3n) is 3.03. The molecule has 0 aliphatic rings. The Kier molecular flexibility index (Phi) is 7.56. The van der Waals surface area contributed by atoms with Gasteiger partial charge in [-0.25, -0.2) is 0 Å². The molecule has 0 saturated heterocycles. The second kappa shape index (κ2) is 9.42. The van der Waals surface area contributed by atoms with Gasteiger partial charge in [-0.05, 0) is 48.9 Å². The Labute approximate surface area is 160 Å². The lowest BCUT2D eigenvalue weighted by Crippen LogP contribution is -2.14. The molecule has 2 aromatic carbocycles. The normalized spacial score (nSPS) is 10.5. The van der Waals surface area contributed by atoms with Crippen LogP contribution >= 0.6 is 46.6 Å².